The van der Waals surface area contributed by atoms with Gasteiger partial charge >= 0.3 is 0 Å². The number of aromatic nitrogens is 2. The van der Waals surface area contributed by atoms with Crippen LogP contribution in [0, 0.1) is 6.92 Å². The molecule has 0 aliphatic heterocycles. The number of carbonyl (C=O) groups is 2. The van der Waals surface area contributed by atoms with Crippen molar-refractivity contribution in [1.29, 1.82) is 0 Å². The van der Waals surface area contributed by atoms with E-state index < -0.39 is 0 Å². The molecule has 0 unspecified atom stereocenters. The predicted molar refractivity (Wildman–Crippen MR) is 127 cm³/mol. The summed E-state index contributed by atoms with van der Waals surface area (Å²) in [6.45, 7) is 6.21. The molecule has 32 heavy (non-hydrogen) atoms. The number of benzene rings is 1. The van der Waals surface area contributed by atoms with Crippen LogP contribution < -0.4 is 15.4 Å². The first-order chi connectivity index (χ1) is 15.6. The van der Waals surface area contributed by atoms with Gasteiger partial charge in [0, 0.05) is 17.0 Å². The fraction of sp³-hybridized carbons (Fsp3) is 0.304. The summed E-state index contributed by atoms with van der Waals surface area (Å²) in [5.74, 6) is 0.113. The van der Waals surface area contributed by atoms with Gasteiger partial charge in [0.15, 0.2) is 0 Å². The third-order valence-electron chi connectivity index (χ3n) is 5.25. The highest BCUT2D eigenvalue weighted by Crippen LogP contribution is 2.38. The Bertz CT molecular complexity index is 1150. The number of thiophene rings is 1. The van der Waals surface area contributed by atoms with Crippen molar-refractivity contribution in [1.82, 2.24) is 14.1 Å². The minimum absolute atomic E-state index is 0.177. The van der Waals surface area contributed by atoms with E-state index in [0.717, 1.165) is 54.4 Å². The molecule has 9 heteroatoms. The van der Waals surface area contributed by atoms with Gasteiger partial charge in [0.05, 0.1) is 23.0 Å². The van der Waals surface area contributed by atoms with Gasteiger partial charge in [0.25, 0.3) is 11.8 Å². The lowest BCUT2D eigenvalue weighted by Crippen LogP contribution is -2.26. The Balaban J connectivity index is 1.52. The van der Waals surface area contributed by atoms with E-state index in [4.69, 9.17) is 4.74 Å². The van der Waals surface area contributed by atoms with Crippen LogP contribution in [-0.4, -0.2) is 27.1 Å². The summed E-state index contributed by atoms with van der Waals surface area (Å²) in [5, 5.41) is 6.41. The first kappa shape index (κ1) is 22.2. The number of rotatable bonds is 8. The van der Waals surface area contributed by atoms with Gasteiger partial charge in [0.1, 0.15) is 23.1 Å². The SMILES string of the molecule is C=CCNC(=O)c1c(NC(=O)c2cccc(OCc3nsnc3C)c2)sc2c1CCCC2. The smallest absolute Gasteiger partial charge is 0.256 e. The van der Waals surface area contributed by atoms with Gasteiger partial charge in [-0.25, -0.2) is 0 Å². The van der Waals surface area contributed by atoms with E-state index in [-0.39, 0.29) is 11.8 Å². The average Bonchev–Trinajstić information content (AvgIpc) is 3.38. The minimum Gasteiger partial charge on any atom is -0.487 e. The monoisotopic (exact) mass is 468 g/mol. The van der Waals surface area contributed by atoms with Crippen molar-refractivity contribution in [3.05, 3.63) is 69.9 Å². The molecule has 2 amide bonds. The van der Waals surface area contributed by atoms with Crippen LogP contribution in [-0.2, 0) is 19.4 Å². The number of carbonyl (C=O) groups excluding carboxylic acids is 2. The molecule has 2 heterocycles. The van der Waals surface area contributed by atoms with Crippen molar-refractivity contribution in [2.24, 2.45) is 0 Å². The van der Waals surface area contributed by atoms with E-state index in [1.807, 2.05) is 6.92 Å². The molecule has 0 radical (unpaired) electrons. The van der Waals surface area contributed by atoms with Crippen LogP contribution in [0.5, 0.6) is 5.75 Å². The topological polar surface area (TPSA) is 93.2 Å². The lowest BCUT2D eigenvalue weighted by atomic mass is 9.95. The van der Waals surface area contributed by atoms with Crippen LogP contribution in [0.15, 0.2) is 36.9 Å². The second-order valence-electron chi connectivity index (χ2n) is 7.48. The number of hydrogen-bond donors (Lipinski definition) is 2. The van der Waals surface area contributed by atoms with Gasteiger partial charge in [-0.2, -0.15) is 8.75 Å². The van der Waals surface area contributed by atoms with Gasteiger partial charge in [-0.3, -0.25) is 9.59 Å². The summed E-state index contributed by atoms with van der Waals surface area (Å²) in [5.41, 5.74) is 3.72. The molecule has 2 aromatic heterocycles. The zero-order chi connectivity index (χ0) is 22.5. The second-order valence-corrected chi connectivity index (χ2v) is 9.11. The highest BCUT2D eigenvalue weighted by Gasteiger charge is 2.26. The maximum absolute atomic E-state index is 13.0. The van der Waals surface area contributed by atoms with Gasteiger partial charge in [-0.05, 0) is 56.4 Å². The fourth-order valence-electron chi connectivity index (χ4n) is 3.58. The zero-order valence-electron chi connectivity index (χ0n) is 17.8. The molecule has 0 saturated carbocycles. The van der Waals surface area contributed by atoms with Crippen molar-refractivity contribution < 1.29 is 14.3 Å². The number of amides is 2. The van der Waals surface area contributed by atoms with E-state index in [0.29, 0.717) is 35.0 Å². The highest BCUT2D eigenvalue weighted by atomic mass is 32.1. The number of ether oxygens (including phenoxy) is 1. The van der Waals surface area contributed by atoms with Crippen LogP contribution in [0.2, 0.25) is 0 Å². The Labute approximate surface area is 194 Å². The van der Waals surface area contributed by atoms with Crippen molar-refractivity contribution >= 4 is 39.9 Å². The molecule has 3 aromatic rings. The molecular formula is C23H24N4O3S2. The molecule has 0 saturated heterocycles. The standard InChI is InChI=1S/C23H24N4O3S2/c1-3-11-24-22(29)20-17-9-4-5-10-19(17)31-23(20)25-21(28)15-7-6-8-16(12-15)30-13-18-14(2)26-32-27-18/h3,6-8,12H,1,4-5,9-11,13H2,2H3,(H,24,29)(H,25,28). The van der Waals surface area contributed by atoms with E-state index in [9.17, 15) is 9.59 Å². The number of hydrogen-bond acceptors (Lipinski definition) is 7. The summed E-state index contributed by atoms with van der Waals surface area (Å²) in [6, 6.07) is 6.98. The largest absolute Gasteiger partial charge is 0.487 e. The number of nitrogens with zero attached hydrogens (tertiary/aromatic N) is 2. The first-order valence-corrected chi connectivity index (χ1v) is 12.0. The summed E-state index contributed by atoms with van der Waals surface area (Å²) in [6.07, 6.45) is 5.58. The predicted octanol–water partition coefficient (Wildman–Crippen LogP) is 4.53. The third-order valence-corrected chi connectivity index (χ3v) is 7.12. The molecule has 0 atom stereocenters. The number of anilines is 1. The normalized spacial score (nSPS) is 12.7. The fourth-order valence-corrected chi connectivity index (χ4v) is 5.42. The Hall–Kier alpha value is -3.04. The van der Waals surface area contributed by atoms with Crippen LogP contribution >= 0.6 is 23.1 Å². The lowest BCUT2D eigenvalue weighted by Gasteiger charge is -2.13. The van der Waals surface area contributed by atoms with E-state index in [1.165, 1.54) is 16.2 Å². The van der Waals surface area contributed by atoms with Crippen LogP contribution in [0.25, 0.3) is 0 Å². The number of aryl methyl sites for hydroxylation is 2. The Morgan fingerprint density at radius 1 is 1.22 bits per heavy atom. The van der Waals surface area contributed by atoms with Gasteiger partial charge in [-0.15, -0.1) is 17.9 Å². The summed E-state index contributed by atoms with van der Waals surface area (Å²) in [7, 11) is 0. The maximum Gasteiger partial charge on any atom is 0.256 e. The Kier molecular flexibility index (Phi) is 6.96. The molecule has 1 aliphatic rings. The minimum atomic E-state index is -0.279. The summed E-state index contributed by atoms with van der Waals surface area (Å²) >= 11 is 2.65. The Morgan fingerprint density at radius 3 is 2.84 bits per heavy atom. The van der Waals surface area contributed by atoms with Crippen molar-refractivity contribution in [2.45, 2.75) is 39.2 Å². The van der Waals surface area contributed by atoms with Crippen molar-refractivity contribution in [2.75, 3.05) is 11.9 Å². The average molecular weight is 469 g/mol. The van der Waals surface area contributed by atoms with Gasteiger partial charge in [-0.1, -0.05) is 12.1 Å². The summed E-state index contributed by atoms with van der Waals surface area (Å²) < 4.78 is 14.1. The molecule has 166 valence electrons. The van der Waals surface area contributed by atoms with Crippen molar-refractivity contribution in [3.63, 3.8) is 0 Å². The lowest BCUT2D eigenvalue weighted by molar-refractivity contribution is 0.0958. The van der Waals surface area contributed by atoms with E-state index in [2.05, 4.69) is 26.0 Å². The summed E-state index contributed by atoms with van der Waals surface area (Å²) in [4.78, 5) is 27.0. The van der Waals surface area contributed by atoms with Crippen molar-refractivity contribution in [3.8, 4) is 5.75 Å². The molecule has 0 fully saturated rings. The molecule has 4 rings (SSSR count). The quantitative estimate of drug-likeness (QED) is 0.474. The highest BCUT2D eigenvalue weighted by molar-refractivity contribution is 7.17. The van der Waals surface area contributed by atoms with Gasteiger partial charge < -0.3 is 15.4 Å². The molecule has 2 N–H and O–H groups in total. The van der Waals surface area contributed by atoms with Gasteiger partial charge in [0.2, 0.25) is 0 Å². The molecule has 1 aliphatic carbocycles. The second kappa shape index (κ2) is 10.1. The Morgan fingerprint density at radius 2 is 2.06 bits per heavy atom. The molecule has 7 nitrogen and oxygen atoms in total. The maximum atomic E-state index is 13.0. The first-order valence-electron chi connectivity index (χ1n) is 10.4. The van der Waals surface area contributed by atoms with E-state index in [1.54, 1.807) is 30.3 Å². The van der Waals surface area contributed by atoms with Crippen LogP contribution in [0.3, 0.4) is 0 Å². The number of nitrogens with one attached hydrogen (secondary N) is 2. The zero-order valence-corrected chi connectivity index (χ0v) is 19.4. The molecule has 1 aromatic carbocycles. The number of fused-ring (bicyclic) bond motifs is 1. The molecule has 0 bridgehead atoms. The third kappa shape index (κ3) is 4.89. The molecular weight excluding hydrogens is 444 g/mol. The van der Waals surface area contributed by atoms with Crippen LogP contribution in [0.4, 0.5) is 5.00 Å². The van der Waals surface area contributed by atoms with Crippen LogP contribution in [0.1, 0.15) is 55.4 Å². The van der Waals surface area contributed by atoms with E-state index >= 15 is 0 Å². The molecule has 0 spiro atoms.